The number of benzene rings is 2. The number of para-hydroxylation sites is 1. The molecule has 1 N–H and O–H groups in total. The van der Waals surface area contributed by atoms with Crippen LogP contribution in [0.4, 0.5) is 4.39 Å². The van der Waals surface area contributed by atoms with E-state index >= 15 is 0 Å². The summed E-state index contributed by atoms with van der Waals surface area (Å²) in [6, 6.07) is 16.2. The Kier molecular flexibility index (Phi) is 6.06. The van der Waals surface area contributed by atoms with Gasteiger partial charge in [0.2, 0.25) is 0 Å². The number of carbonyl (C=O) groups excluding carboxylic acids is 1. The summed E-state index contributed by atoms with van der Waals surface area (Å²) in [5.74, 6) is 0.314. The highest BCUT2D eigenvalue weighted by Crippen LogP contribution is 2.29. The van der Waals surface area contributed by atoms with E-state index in [4.69, 9.17) is 4.74 Å². The average molecular weight is 386 g/mol. The molecule has 0 fully saturated rings. The number of aromatic nitrogens is 2. The highest BCUT2D eigenvalue weighted by molar-refractivity contribution is 7.07. The van der Waals surface area contributed by atoms with Gasteiger partial charge in [0.05, 0.1) is 5.56 Å². The number of halogens is 1. The number of nitrogens with zero attached hydrogens (tertiary/aromatic N) is 3. The maximum Gasteiger partial charge on any atom is 0.299 e. The molecule has 0 atom stereocenters. The van der Waals surface area contributed by atoms with E-state index in [2.05, 4.69) is 24.7 Å². The van der Waals surface area contributed by atoms with Crippen LogP contribution < -0.4 is 10.1 Å². The summed E-state index contributed by atoms with van der Waals surface area (Å²) in [5.41, 5.74) is 1.08. The number of likely N-dealkylation sites (N-methyl/N-ethyl adjacent to an activating group) is 1. The van der Waals surface area contributed by atoms with Crippen molar-refractivity contribution in [2.75, 3.05) is 13.9 Å². The van der Waals surface area contributed by atoms with E-state index in [0.717, 1.165) is 17.1 Å². The first kappa shape index (κ1) is 18.5. The summed E-state index contributed by atoms with van der Waals surface area (Å²) in [5, 5.41) is 6.29. The van der Waals surface area contributed by atoms with Crippen molar-refractivity contribution < 1.29 is 18.8 Å². The van der Waals surface area contributed by atoms with Crippen molar-refractivity contribution in [2.45, 2.75) is 0 Å². The summed E-state index contributed by atoms with van der Waals surface area (Å²) in [4.78, 5) is 20.9. The molecule has 138 valence electrons. The molecular weight excluding hydrogens is 371 g/mol. The standard InChI is InChI=1S/C18H15FN4O3S/c1-20-17(24)15(22-25-11-19)13-9-5-6-10-14(13)26-18-21-16(23-27-18)12-7-3-2-4-8-12/h2-10H,11H2,1H3,(H,20,24)/b22-15-. The molecule has 2 aromatic carbocycles. The van der Waals surface area contributed by atoms with Crippen molar-refractivity contribution in [3.8, 4) is 22.3 Å². The molecule has 9 heteroatoms. The summed E-state index contributed by atoms with van der Waals surface area (Å²) in [6.45, 7) is -1.15. The third-order valence-corrected chi connectivity index (χ3v) is 4.02. The number of hydrogen-bond donors (Lipinski definition) is 1. The van der Waals surface area contributed by atoms with Crippen LogP contribution in [0.25, 0.3) is 11.4 Å². The van der Waals surface area contributed by atoms with Gasteiger partial charge in [-0.1, -0.05) is 47.6 Å². The molecule has 1 aromatic heterocycles. The fraction of sp³-hybridized carbons (Fsp3) is 0.111. The quantitative estimate of drug-likeness (QED) is 0.497. The van der Waals surface area contributed by atoms with Crippen LogP contribution in [0.3, 0.4) is 0 Å². The zero-order valence-electron chi connectivity index (χ0n) is 14.3. The van der Waals surface area contributed by atoms with E-state index in [9.17, 15) is 9.18 Å². The Hall–Kier alpha value is -3.33. The molecule has 3 aromatic rings. The number of nitrogens with one attached hydrogen (secondary N) is 1. The Morgan fingerprint density at radius 2 is 1.93 bits per heavy atom. The average Bonchev–Trinajstić information content (AvgIpc) is 3.18. The lowest BCUT2D eigenvalue weighted by Gasteiger charge is -2.10. The van der Waals surface area contributed by atoms with E-state index in [1.165, 1.54) is 7.05 Å². The fourth-order valence-corrected chi connectivity index (χ4v) is 2.79. The molecule has 1 amide bonds. The second-order valence-corrected chi connectivity index (χ2v) is 5.82. The van der Waals surface area contributed by atoms with Gasteiger partial charge < -0.3 is 14.9 Å². The normalized spacial score (nSPS) is 11.1. The molecule has 7 nitrogen and oxygen atoms in total. The Morgan fingerprint density at radius 3 is 2.67 bits per heavy atom. The Balaban J connectivity index is 1.90. The van der Waals surface area contributed by atoms with Crippen molar-refractivity contribution in [3.63, 3.8) is 0 Å². The SMILES string of the molecule is CNC(=O)/C(=N\OCF)c1ccccc1Oc1nc(-c2ccccc2)ns1. The Morgan fingerprint density at radius 1 is 1.19 bits per heavy atom. The van der Waals surface area contributed by atoms with Crippen molar-refractivity contribution in [2.24, 2.45) is 5.16 Å². The van der Waals surface area contributed by atoms with Crippen LogP contribution in [0.5, 0.6) is 10.9 Å². The first-order valence-electron chi connectivity index (χ1n) is 7.87. The number of carbonyl (C=O) groups is 1. The second kappa shape index (κ2) is 8.86. The molecule has 3 rings (SSSR count). The maximum absolute atomic E-state index is 12.3. The molecule has 0 saturated heterocycles. The maximum atomic E-state index is 12.3. The molecule has 0 spiro atoms. The van der Waals surface area contributed by atoms with Crippen molar-refractivity contribution >= 4 is 23.2 Å². The minimum Gasteiger partial charge on any atom is -0.429 e. The number of ether oxygens (including phenoxy) is 1. The minimum atomic E-state index is -1.15. The van der Waals surface area contributed by atoms with Gasteiger partial charge in [-0.2, -0.15) is 9.36 Å². The van der Waals surface area contributed by atoms with Crippen LogP contribution in [-0.4, -0.2) is 34.9 Å². The van der Waals surface area contributed by atoms with E-state index in [1.807, 2.05) is 30.3 Å². The number of rotatable bonds is 7. The van der Waals surface area contributed by atoms with Gasteiger partial charge in [0.1, 0.15) is 5.75 Å². The summed E-state index contributed by atoms with van der Waals surface area (Å²) < 4.78 is 22.4. The van der Waals surface area contributed by atoms with E-state index < -0.39 is 12.8 Å². The van der Waals surface area contributed by atoms with E-state index in [0.29, 0.717) is 22.3 Å². The number of amides is 1. The number of alkyl halides is 1. The van der Waals surface area contributed by atoms with Gasteiger partial charge in [-0.15, -0.1) is 0 Å². The first-order chi connectivity index (χ1) is 13.2. The molecule has 0 unspecified atom stereocenters. The molecule has 0 aliphatic carbocycles. The first-order valence-corrected chi connectivity index (χ1v) is 8.64. The van der Waals surface area contributed by atoms with Crippen LogP contribution in [0, 0.1) is 0 Å². The molecule has 27 heavy (non-hydrogen) atoms. The Labute approximate surface area is 158 Å². The predicted octanol–water partition coefficient (Wildman–Crippen LogP) is 3.39. The van der Waals surface area contributed by atoms with Gasteiger partial charge in [0.25, 0.3) is 18.0 Å². The minimum absolute atomic E-state index is 0.112. The summed E-state index contributed by atoms with van der Waals surface area (Å²) in [6.07, 6.45) is 0. The predicted molar refractivity (Wildman–Crippen MR) is 99.5 cm³/mol. The van der Waals surface area contributed by atoms with Gasteiger partial charge in [-0.3, -0.25) is 4.79 Å². The van der Waals surface area contributed by atoms with E-state index in [1.54, 1.807) is 24.3 Å². The fourth-order valence-electron chi connectivity index (χ4n) is 2.22. The van der Waals surface area contributed by atoms with Crippen molar-refractivity contribution in [1.82, 2.24) is 14.7 Å². The smallest absolute Gasteiger partial charge is 0.299 e. The van der Waals surface area contributed by atoms with Crippen LogP contribution in [0.15, 0.2) is 59.8 Å². The van der Waals surface area contributed by atoms with Crippen LogP contribution in [-0.2, 0) is 9.63 Å². The molecule has 0 radical (unpaired) electrons. The van der Waals surface area contributed by atoms with Crippen molar-refractivity contribution in [3.05, 3.63) is 60.2 Å². The lowest BCUT2D eigenvalue weighted by molar-refractivity contribution is -0.114. The van der Waals surface area contributed by atoms with Crippen molar-refractivity contribution in [1.29, 1.82) is 0 Å². The molecule has 0 aliphatic rings. The van der Waals surface area contributed by atoms with Gasteiger partial charge in [-0.25, -0.2) is 4.39 Å². The van der Waals surface area contributed by atoms with Crippen LogP contribution in [0.1, 0.15) is 5.56 Å². The molecule has 0 aliphatic heterocycles. The lowest BCUT2D eigenvalue weighted by Crippen LogP contribution is -2.29. The third kappa shape index (κ3) is 4.45. The van der Waals surface area contributed by atoms with Crippen LogP contribution >= 0.6 is 11.5 Å². The van der Waals surface area contributed by atoms with Gasteiger partial charge in [0, 0.05) is 24.1 Å². The number of oxime groups is 1. The second-order valence-electron chi connectivity index (χ2n) is 5.11. The molecule has 0 bridgehead atoms. The third-order valence-electron chi connectivity index (χ3n) is 3.43. The van der Waals surface area contributed by atoms with Gasteiger partial charge >= 0.3 is 0 Å². The highest BCUT2D eigenvalue weighted by Gasteiger charge is 2.20. The zero-order valence-corrected chi connectivity index (χ0v) is 15.1. The van der Waals surface area contributed by atoms with Gasteiger partial charge in [-0.05, 0) is 12.1 Å². The highest BCUT2D eigenvalue weighted by atomic mass is 32.1. The van der Waals surface area contributed by atoms with Gasteiger partial charge in [0.15, 0.2) is 11.5 Å². The molecule has 1 heterocycles. The topological polar surface area (TPSA) is 85.7 Å². The largest absolute Gasteiger partial charge is 0.429 e. The monoisotopic (exact) mass is 386 g/mol. The Bertz CT molecular complexity index is 947. The zero-order chi connectivity index (χ0) is 19.1. The number of hydrogen-bond acceptors (Lipinski definition) is 7. The van der Waals surface area contributed by atoms with Crippen LogP contribution in [0.2, 0.25) is 0 Å². The summed E-state index contributed by atoms with van der Waals surface area (Å²) in [7, 11) is 1.44. The molecular formula is C18H15FN4O3S. The van der Waals surface area contributed by atoms with E-state index in [-0.39, 0.29) is 5.71 Å². The molecule has 0 saturated carbocycles. The lowest BCUT2D eigenvalue weighted by atomic mass is 10.1. The summed E-state index contributed by atoms with van der Waals surface area (Å²) >= 11 is 1.08.